The van der Waals surface area contributed by atoms with Gasteiger partial charge >= 0.3 is 0 Å². The minimum atomic E-state index is -0.587. The minimum Gasteiger partial charge on any atom is -0.436 e. The van der Waals surface area contributed by atoms with Crippen LogP contribution >= 0.6 is 11.6 Å². The lowest BCUT2D eigenvalue weighted by Gasteiger charge is -2.23. The van der Waals surface area contributed by atoms with Crippen molar-refractivity contribution in [1.82, 2.24) is 10.1 Å². The number of amides is 1. The molecule has 1 aromatic heterocycles. The van der Waals surface area contributed by atoms with Crippen LogP contribution in [-0.2, 0) is 16.1 Å². The Hall–Kier alpha value is -3.98. The van der Waals surface area contributed by atoms with Crippen LogP contribution in [0.25, 0.3) is 0 Å². The van der Waals surface area contributed by atoms with Crippen molar-refractivity contribution in [2.45, 2.75) is 6.54 Å². The molecule has 0 saturated carbocycles. The van der Waals surface area contributed by atoms with Crippen molar-refractivity contribution in [2.24, 2.45) is 10.2 Å². The maximum atomic E-state index is 12.8. The van der Waals surface area contributed by atoms with Crippen LogP contribution in [0.3, 0.4) is 0 Å². The molecule has 2 aromatic carbocycles. The third-order valence-corrected chi connectivity index (χ3v) is 4.30. The molecule has 0 aliphatic carbocycles. The topological polar surface area (TPSA) is 109 Å². The maximum absolute atomic E-state index is 12.8. The molecule has 0 bridgehead atoms. The van der Waals surface area contributed by atoms with Gasteiger partial charge in [-0.3, -0.25) is 9.59 Å². The normalized spacial score (nSPS) is 10.9. The van der Waals surface area contributed by atoms with Crippen molar-refractivity contribution in [2.75, 3.05) is 12.0 Å². The van der Waals surface area contributed by atoms with Crippen LogP contribution in [0.15, 0.2) is 75.6 Å². The monoisotopic (exact) mass is 439 g/mol. The molecule has 3 aromatic rings. The summed E-state index contributed by atoms with van der Waals surface area (Å²) in [6.07, 6.45) is 1.76. The van der Waals surface area contributed by atoms with Crippen molar-refractivity contribution < 1.29 is 18.8 Å². The smallest absolute Gasteiger partial charge is 0.279 e. The fraction of sp³-hybridized carbons (Fsp3) is 0.0952. The molecule has 158 valence electrons. The summed E-state index contributed by atoms with van der Waals surface area (Å²) in [5, 5.41) is 14.2. The Bertz CT molecular complexity index is 1050. The molecule has 0 unspecified atom stereocenters. The van der Waals surface area contributed by atoms with Gasteiger partial charge in [-0.15, -0.1) is 5.10 Å². The van der Waals surface area contributed by atoms with Gasteiger partial charge in [-0.2, -0.15) is 5.10 Å². The lowest BCUT2D eigenvalue weighted by molar-refractivity contribution is -0.124. The number of hydrogen-bond acceptors (Lipinski definition) is 8. The van der Waals surface area contributed by atoms with Crippen LogP contribution in [0, 0.1) is 0 Å². The Kier molecular flexibility index (Phi) is 7.50. The van der Waals surface area contributed by atoms with Crippen LogP contribution in [0.5, 0.6) is 11.6 Å². The zero-order valence-corrected chi connectivity index (χ0v) is 17.0. The molecule has 1 N–H and O–H groups in total. The number of carbonyl (C=O) groups is 2. The van der Waals surface area contributed by atoms with Gasteiger partial charge in [0.15, 0.2) is 12.0 Å². The van der Waals surface area contributed by atoms with Crippen molar-refractivity contribution in [3.8, 4) is 11.6 Å². The summed E-state index contributed by atoms with van der Waals surface area (Å²) in [6, 6.07) is 15.7. The first-order valence-corrected chi connectivity index (χ1v) is 9.41. The van der Waals surface area contributed by atoms with Crippen LogP contribution in [0.4, 0.5) is 5.69 Å². The van der Waals surface area contributed by atoms with Gasteiger partial charge in [0.05, 0.1) is 6.67 Å². The van der Waals surface area contributed by atoms with Crippen LogP contribution in [0.2, 0.25) is 5.02 Å². The van der Waals surface area contributed by atoms with E-state index in [9.17, 15) is 9.59 Å². The second-order valence-corrected chi connectivity index (χ2v) is 6.61. The molecular formula is C21H18ClN5O4. The molecule has 0 spiro atoms. The standard InChI is InChI=1S/C21H18ClN5O4/c1-23-25-19(13-28)21(29)27(12-15-2-4-16(22)5-3-15)14-24-17-6-8-18(9-7-17)31-20-10-11-30-26-20/h2-11,13,24H,1,12,14H2/b25-19-. The molecule has 0 fully saturated rings. The Labute approximate surface area is 183 Å². The largest absolute Gasteiger partial charge is 0.436 e. The highest BCUT2D eigenvalue weighted by atomic mass is 35.5. The van der Waals surface area contributed by atoms with E-state index < -0.39 is 5.91 Å². The van der Waals surface area contributed by atoms with Crippen LogP contribution < -0.4 is 10.1 Å². The fourth-order valence-corrected chi connectivity index (χ4v) is 2.69. The van der Waals surface area contributed by atoms with Gasteiger partial charge in [-0.25, -0.2) is 0 Å². The maximum Gasteiger partial charge on any atom is 0.279 e. The van der Waals surface area contributed by atoms with Gasteiger partial charge in [0.2, 0.25) is 0 Å². The van der Waals surface area contributed by atoms with E-state index in [1.807, 2.05) is 0 Å². The lowest BCUT2D eigenvalue weighted by atomic mass is 10.2. The Morgan fingerprint density at radius 1 is 1.19 bits per heavy atom. The Morgan fingerprint density at radius 3 is 2.55 bits per heavy atom. The van der Waals surface area contributed by atoms with E-state index >= 15 is 0 Å². The molecule has 3 rings (SSSR count). The van der Waals surface area contributed by atoms with Crippen molar-refractivity contribution in [3.63, 3.8) is 0 Å². The molecule has 31 heavy (non-hydrogen) atoms. The van der Waals surface area contributed by atoms with E-state index in [0.29, 0.717) is 22.9 Å². The fourth-order valence-electron chi connectivity index (χ4n) is 2.57. The molecule has 0 atom stereocenters. The van der Waals surface area contributed by atoms with Gasteiger partial charge in [0.1, 0.15) is 12.0 Å². The van der Waals surface area contributed by atoms with Gasteiger partial charge in [-0.05, 0) is 47.1 Å². The van der Waals surface area contributed by atoms with E-state index in [2.05, 4.69) is 27.4 Å². The quantitative estimate of drug-likeness (QED) is 0.169. The number of benzene rings is 2. The van der Waals surface area contributed by atoms with Crippen molar-refractivity contribution in [1.29, 1.82) is 0 Å². The summed E-state index contributed by atoms with van der Waals surface area (Å²) in [6.45, 7) is 3.52. The Morgan fingerprint density at radius 2 is 1.94 bits per heavy atom. The minimum absolute atomic E-state index is 0.106. The number of hydrogen-bond donors (Lipinski definition) is 1. The number of nitrogens with zero attached hydrogens (tertiary/aromatic N) is 4. The highest BCUT2D eigenvalue weighted by molar-refractivity contribution is 6.59. The average molecular weight is 440 g/mol. The lowest BCUT2D eigenvalue weighted by Crippen LogP contribution is -2.40. The number of rotatable bonds is 10. The SMILES string of the molecule is C=N/N=C(/C=O)C(=O)N(CNc1ccc(Oc2ccon2)cc1)Cc1ccc(Cl)cc1. The van der Waals surface area contributed by atoms with Gasteiger partial charge in [0, 0.05) is 30.0 Å². The van der Waals surface area contributed by atoms with Gasteiger partial charge < -0.3 is 19.5 Å². The van der Waals surface area contributed by atoms with E-state index in [0.717, 1.165) is 11.3 Å². The van der Waals surface area contributed by atoms with Crippen LogP contribution in [-0.4, -0.2) is 41.3 Å². The summed E-state index contributed by atoms with van der Waals surface area (Å²) < 4.78 is 10.2. The first kappa shape index (κ1) is 21.7. The molecule has 0 aliphatic rings. The zero-order chi connectivity index (χ0) is 22.1. The molecule has 10 heteroatoms. The number of carbonyl (C=O) groups excluding carboxylic acids is 2. The molecule has 0 saturated heterocycles. The number of aromatic nitrogens is 1. The van der Waals surface area contributed by atoms with E-state index in [1.54, 1.807) is 54.6 Å². The number of ether oxygens (including phenoxy) is 1. The summed E-state index contributed by atoms with van der Waals surface area (Å²) in [5.74, 6) is 0.328. The zero-order valence-electron chi connectivity index (χ0n) is 16.3. The van der Waals surface area contributed by atoms with Crippen LogP contribution in [0.1, 0.15) is 5.56 Å². The summed E-state index contributed by atoms with van der Waals surface area (Å²) in [5.41, 5.74) is 1.21. The predicted octanol–water partition coefficient (Wildman–Crippen LogP) is 3.77. The summed E-state index contributed by atoms with van der Waals surface area (Å²) >= 11 is 5.93. The van der Waals surface area contributed by atoms with E-state index in [-0.39, 0.29) is 18.9 Å². The van der Waals surface area contributed by atoms with Gasteiger partial charge in [-0.1, -0.05) is 23.7 Å². The molecular weight excluding hydrogens is 422 g/mol. The van der Waals surface area contributed by atoms with E-state index in [4.69, 9.17) is 20.9 Å². The highest BCUT2D eigenvalue weighted by Crippen LogP contribution is 2.21. The molecule has 1 amide bonds. The third-order valence-electron chi connectivity index (χ3n) is 4.05. The number of halogens is 1. The average Bonchev–Trinajstić information content (AvgIpc) is 3.30. The first-order chi connectivity index (χ1) is 15.1. The number of anilines is 1. The van der Waals surface area contributed by atoms with Crippen molar-refractivity contribution in [3.05, 3.63) is 71.4 Å². The van der Waals surface area contributed by atoms with Crippen molar-refractivity contribution >= 4 is 41.9 Å². The number of aldehydes is 1. The molecule has 0 aliphatic heterocycles. The summed E-state index contributed by atoms with van der Waals surface area (Å²) in [7, 11) is 0. The first-order valence-electron chi connectivity index (χ1n) is 9.04. The third kappa shape index (κ3) is 6.25. The molecule has 0 radical (unpaired) electrons. The molecule has 9 nitrogen and oxygen atoms in total. The second-order valence-electron chi connectivity index (χ2n) is 6.17. The summed E-state index contributed by atoms with van der Waals surface area (Å²) in [4.78, 5) is 25.4. The second kappa shape index (κ2) is 10.7. The molecule has 1 heterocycles. The van der Waals surface area contributed by atoms with E-state index in [1.165, 1.54) is 11.2 Å². The predicted molar refractivity (Wildman–Crippen MR) is 117 cm³/mol. The number of nitrogens with one attached hydrogen (secondary N) is 1. The highest BCUT2D eigenvalue weighted by Gasteiger charge is 2.20. The Balaban J connectivity index is 1.70. The van der Waals surface area contributed by atoms with Gasteiger partial charge in [0.25, 0.3) is 11.8 Å².